The molecular weight excluding hydrogens is 445 g/mol. The number of benzene rings is 1. The maximum atomic E-state index is 2.65. The topological polar surface area (TPSA) is 0 Å². The van der Waals surface area contributed by atoms with Crippen LogP contribution in [0.5, 0.6) is 0 Å². The zero-order valence-electron chi connectivity index (χ0n) is 22.5. The first kappa shape index (κ1) is 29.1. The summed E-state index contributed by atoms with van der Waals surface area (Å²) < 4.78 is 0. The second-order valence-corrected chi connectivity index (χ2v) is 28.2. The van der Waals surface area contributed by atoms with Gasteiger partial charge in [-0.3, -0.25) is 0 Å². The summed E-state index contributed by atoms with van der Waals surface area (Å²) in [6, 6.07) is 11.1. The van der Waals surface area contributed by atoms with Crippen molar-refractivity contribution in [2.24, 2.45) is 0 Å². The number of rotatable bonds is 12. The van der Waals surface area contributed by atoms with E-state index >= 15 is 0 Å². The summed E-state index contributed by atoms with van der Waals surface area (Å²) in [7, 11) is -3.09. The minimum Gasteiger partial charge on any atom is -0.157 e. The Bertz CT molecular complexity index is 632. The van der Waals surface area contributed by atoms with E-state index in [0.717, 1.165) is 39.7 Å². The summed E-state index contributed by atoms with van der Waals surface area (Å²) in [4.78, 5) is 1.62. The molecule has 0 aliphatic heterocycles. The lowest BCUT2D eigenvalue weighted by molar-refractivity contribution is 0.851. The SMILES string of the molecule is CC(C)[Si](S/C=C(/Cc1ccccc1)S[Si](C(C)C)(C(C)C)C(C)C)(C(C)C)C(C)C. The van der Waals surface area contributed by atoms with E-state index in [0.29, 0.717) is 0 Å². The van der Waals surface area contributed by atoms with Crippen molar-refractivity contribution in [2.75, 3.05) is 0 Å². The highest BCUT2D eigenvalue weighted by atomic mass is 32.4. The van der Waals surface area contributed by atoms with Gasteiger partial charge in [0.15, 0.2) is 0 Å². The highest BCUT2D eigenvalue weighted by molar-refractivity contribution is 8.34. The first-order valence-corrected chi connectivity index (χ1v) is 20.0. The lowest BCUT2D eigenvalue weighted by Crippen LogP contribution is -2.41. The second kappa shape index (κ2) is 12.5. The zero-order chi connectivity index (χ0) is 24.0. The largest absolute Gasteiger partial charge is 0.157 e. The lowest BCUT2D eigenvalue weighted by atomic mass is 10.1. The van der Waals surface area contributed by atoms with Crippen molar-refractivity contribution >= 4 is 36.9 Å². The molecule has 4 heteroatoms. The summed E-state index contributed by atoms with van der Waals surface area (Å²) in [6.45, 7) is 29.8. The van der Waals surface area contributed by atoms with Gasteiger partial charge in [-0.15, -0.1) is 0 Å². The number of allylic oxidation sites excluding steroid dienone is 1. The molecule has 0 radical (unpaired) electrons. The summed E-state index contributed by atoms with van der Waals surface area (Å²) in [6.07, 6.45) is 1.08. The van der Waals surface area contributed by atoms with Crippen LogP contribution in [0, 0.1) is 0 Å². The highest BCUT2D eigenvalue weighted by Gasteiger charge is 2.46. The minimum atomic E-state index is -1.57. The Labute approximate surface area is 205 Å². The minimum absolute atomic E-state index is 0.768. The van der Waals surface area contributed by atoms with E-state index in [1.54, 1.807) is 4.91 Å². The van der Waals surface area contributed by atoms with Gasteiger partial charge in [-0.25, -0.2) is 0 Å². The molecule has 0 heterocycles. The van der Waals surface area contributed by atoms with Crippen molar-refractivity contribution in [3.05, 3.63) is 46.2 Å². The summed E-state index contributed by atoms with van der Waals surface area (Å²) in [5, 5.41) is 2.65. The average molecular weight is 495 g/mol. The van der Waals surface area contributed by atoms with E-state index in [2.05, 4.69) is 141 Å². The van der Waals surface area contributed by atoms with Crippen molar-refractivity contribution in [1.29, 1.82) is 0 Å². The van der Waals surface area contributed by atoms with Gasteiger partial charge in [0.2, 0.25) is 0 Å². The Morgan fingerprint density at radius 3 is 1.39 bits per heavy atom. The fourth-order valence-corrected chi connectivity index (χ4v) is 24.9. The molecular formula is C27H50S2Si2. The molecule has 1 rings (SSSR count). The smallest absolute Gasteiger partial charge is 0.130 e. The first-order chi connectivity index (χ1) is 14.3. The van der Waals surface area contributed by atoms with Gasteiger partial charge < -0.3 is 0 Å². The first-order valence-electron chi connectivity index (χ1n) is 12.4. The van der Waals surface area contributed by atoms with Crippen LogP contribution in [0.2, 0.25) is 33.2 Å². The van der Waals surface area contributed by atoms with Crippen LogP contribution >= 0.6 is 22.4 Å². The van der Waals surface area contributed by atoms with Crippen molar-refractivity contribution in [1.82, 2.24) is 0 Å². The Balaban J connectivity index is 3.49. The van der Waals surface area contributed by atoms with Crippen LogP contribution in [0.1, 0.15) is 88.6 Å². The maximum absolute atomic E-state index is 2.65. The number of hydrogen-bond acceptors (Lipinski definition) is 2. The Morgan fingerprint density at radius 2 is 1.03 bits per heavy atom. The molecule has 178 valence electrons. The second-order valence-electron chi connectivity index (χ2n) is 11.1. The third-order valence-corrected chi connectivity index (χ3v) is 31.9. The standard InChI is InChI=1S/C27H50S2Si2/c1-20(2)30(21(3)4,22(5)6)28-19-27(18-26-16-14-13-15-17-26)29-31(23(7)8,24(9)10)25(11)12/h13-17,19-25H,18H2,1-12H3/b27-19-. The molecule has 1 aromatic rings. The van der Waals surface area contributed by atoms with Gasteiger partial charge in [-0.05, 0) is 49.1 Å². The van der Waals surface area contributed by atoms with Crippen LogP contribution in [0.25, 0.3) is 0 Å². The van der Waals surface area contributed by atoms with Gasteiger partial charge in [0.1, 0.15) is 14.4 Å². The lowest BCUT2D eigenvalue weighted by Gasteiger charge is -2.44. The van der Waals surface area contributed by atoms with Crippen LogP contribution in [-0.2, 0) is 6.42 Å². The van der Waals surface area contributed by atoms with Gasteiger partial charge in [-0.1, -0.05) is 113 Å². The van der Waals surface area contributed by atoms with Gasteiger partial charge in [-0.2, -0.15) is 22.4 Å². The molecule has 0 bridgehead atoms. The quantitative estimate of drug-likeness (QED) is 0.265. The van der Waals surface area contributed by atoms with Crippen LogP contribution < -0.4 is 0 Å². The molecule has 31 heavy (non-hydrogen) atoms. The van der Waals surface area contributed by atoms with Crippen molar-refractivity contribution in [3.63, 3.8) is 0 Å². The molecule has 0 spiro atoms. The fourth-order valence-electron chi connectivity index (χ4n) is 6.06. The van der Waals surface area contributed by atoms with Crippen molar-refractivity contribution in [3.8, 4) is 0 Å². The maximum Gasteiger partial charge on any atom is 0.130 e. The summed E-state index contributed by atoms with van der Waals surface area (Å²) in [5.74, 6) is 0. The monoisotopic (exact) mass is 494 g/mol. The van der Waals surface area contributed by atoms with Crippen LogP contribution in [0.15, 0.2) is 40.6 Å². The molecule has 0 aliphatic rings. The van der Waals surface area contributed by atoms with E-state index < -0.39 is 14.4 Å². The molecule has 0 saturated heterocycles. The van der Waals surface area contributed by atoms with Gasteiger partial charge in [0, 0.05) is 6.42 Å². The Kier molecular flexibility index (Phi) is 11.8. The molecule has 0 amide bonds. The van der Waals surface area contributed by atoms with E-state index in [1.165, 1.54) is 5.56 Å². The number of hydrogen-bond donors (Lipinski definition) is 0. The predicted octanol–water partition coefficient (Wildman–Crippen LogP) is 10.9. The Morgan fingerprint density at radius 1 is 0.645 bits per heavy atom. The van der Waals surface area contributed by atoms with Crippen LogP contribution in [0.4, 0.5) is 0 Å². The van der Waals surface area contributed by atoms with Crippen LogP contribution in [-0.4, -0.2) is 14.4 Å². The zero-order valence-corrected chi connectivity index (χ0v) is 26.1. The van der Waals surface area contributed by atoms with E-state index in [4.69, 9.17) is 0 Å². The van der Waals surface area contributed by atoms with E-state index in [1.807, 2.05) is 0 Å². The van der Waals surface area contributed by atoms with E-state index in [9.17, 15) is 0 Å². The van der Waals surface area contributed by atoms with Gasteiger partial charge >= 0.3 is 0 Å². The van der Waals surface area contributed by atoms with Crippen molar-refractivity contribution in [2.45, 2.75) is 123 Å². The normalized spacial score (nSPS) is 14.2. The summed E-state index contributed by atoms with van der Waals surface area (Å²) >= 11 is 4.61. The molecule has 0 aromatic heterocycles. The fraction of sp³-hybridized carbons (Fsp3) is 0.704. The third-order valence-electron chi connectivity index (χ3n) is 7.34. The molecule has 0 unspecified atom stereocenters. The van der Waals surface area contributed by atoms with Gasteiger partial charge in [0.25, 0.3) is 0 Å². The average Bonchev–Trinajstić information content (AvgIpc) is 2.65. The highest BCUT2D eigenvalue weighted by Crippen LogP contribution is 2.54. The van der Waals surface area contributed by atoms with E-state index in [-0.39, 0.29) is 0 Å². The molecule has 0 N–H and O–H groups in total. The molecule has 0 fully saturated rings. The van der Waals surface area contributed by atoms with Gasteiger partial charge in [0.05, 0.1) is 0 Å². The molecule has 1 aromatic carbocycles. The molecule has 0 atom stereocenters. The van der Waals surface area contributed by atoms with Crippen molar-refractivity contribution < 1.29 is 0 Å². The van der Waals surface area contributed by atoms with Crippen LogP contribution in [0.3, 0.4) is 0 Å². The molecule has 0 saturated carbocycles. The Hall–Kier alpha value is 0.0938. The third kappa shape index (κ3) is 6.80. The molecule has 0 aliphatic carbocycles. The predicted molar refractivity (Wildman–Crippen MR) is 156 cm³/mol. The summed E-state index contributed by atoms with van der Waals surface area (Å²) in [5.41, 5.74) is 6.08. The molecule has 0 nitrogen and oxygen atoms in total.